The summed E-state index contributed by atoms with van der Waals surface area (Å²) in [5.41, 5.74) is 0.992. The van der Waals surface area contributed by atoms with Crippen molar-refractivity contribution in [1.29, 1.82) is 0 Å². The Balaban J connectivity index is 0.000000236. The van der Waals surface area contributed by atoms with E-state index in [0.717, 1.165) is 42.7 Å². The molecule has 38 heavy (non-hydrogen) atoms. The molecule has 0 N–H and O–H groups in total. The lowest BCUT2D eigenvalue weighted by Gasteiger charge is -2.29. The van der Waals surface area contributed by atoms with Gasteiger partial charge in [-0.25, -0.2) is 9.29 Å². The number of anilines is 2. The highest BCUT2D eigenvalue weighted by molar-refractivity contribution is 8.13. The van der Waals surface area contributed by atoms with E-state index in [9.17, 15) is 23.6 Å². The van der Waals surface area contributed by atoms with Crippen LogP contribution < -0.4 is 14.5 Å². The Bertz CT molecular complexity index is 1170. The van der Waals surface area contributed by atoms with Crippen molar-refractivity contribution in [3.8, 4) is 18.1 Å². The summed E-state index contributed by atoms with van der Waals surface area (Å²) in [5.74, 6) is 1.30. The molecular weight excluding hydrogens is 509 g/mol. The number of hydrogen-bond acceptors (Lipinski definition) is 6. The molecule has 0 saturated carbocycles. The number of halogens is 1. The second kappa shape index (κ2) is 12.5. The molecule has 1 saturated heterocycles. The van der Waals surface area contributed by atoms with Crippen LogP contribution in [0.2, 0.25) is 0 Å². The summed E-state index contributed by atoms with van der Waals surface area (Å²) in [4.78, 5) is 53.0. The number of thioether (sulfide) groups is 1. The molecule has 1 aliphatic carbocycles. The number of rotatable bonds is 3. The van der Waals surface area contributed by atoms with Crippen LogP contribution in [0.3, 0.4) is 0 Å². The smallest absolute Gasteiger partial charge is 0.281 e. The van der Waals surface area contributed by atoms with Gasteiger partial charge in [0.15, 0.2) is 12.4 Å². The first-order valence-electron chi connectivity index (χ1n) is 13.1. The van der Waals surface area contributed by atoms with Gasteiger partial charge < -0.3 is 9.64 Å². The molecule has 4 amide bonds. The van der Waals surface area contributed by atoms with Gasteiger partial charge in [-0.2, -0.15) is 0 Å². The van der Waals surface area contributed by atoms with Crippen molar-refractivity contribution in [1.82, 2.24) is 4.90 Å². The zero-order valence-corrected chi connectivity index (χ0v) is 22.4. The number of terminal acetylenes is 1. The SMILES string of the molecule is C#CCN1C(=O)COc2cc(F)c(N3C(=O)C4=C(CCCC4)C3=O)cc21.CCSC(=O)N1CCCCCC1. The summed E-state index contributed by atoms with van der Waals surface area (Å²) in [5, 5.41) is 0.277. The Morgan fingerprint density at radius 1 is 1.00 bits per heavy atom. The minimum absolute atomic E-state index is 0.0170. The summed E-state index contributed by atoms with van der Waals surface area (Å²) >= 11 is 1.43. The lowest BCUT2D eigenvalue weighted by Crippen LogP contribution is -2.39. The van der Waals surface area contributed by atoms with E-state index >= 15 is 0 Å². The first kappa shape index (κ1) is 27.7. The number of carbonyl (C=O) groups is 4. The van der Waals surface area contributed by atoms with E-state index < -0.39 is 17.6 Å². The average molecular weight is 542 g/mol. The van der Waals surface area contributed by atoms with Crippen molar-refractivity contribution >= 4 is 46.1 Å². The number of benzene rings is 1. The Kier molecular flexibility index (Phi) is 9.10. The fraction of sp³-hybridized carbons (Fsp3) is 0.500. The molecule has 3 heterocycles. The van der Waals surface area contributed by atoms with Crippen LogP contribution >= 0.6 is 11.8 Å². The quantitative estimate of drug-likeness (QED) is 0.409. The molecule has 0 spiro atoms. The monoisotopic (exact) mass is 541 g/mol. The predicted molar refractivity (Wildman–Crippen MR) is 145 cm³/mol. The molecule has 4 aliphatic rings. The van der Waals surface area contributed by atoms with E-state index in [-0.39, 0.29) is 41.4 Å². The molecule has 5 rings (SSSR count). The van der Waals surface area contributed by atoms with Crippen molar-refractivity contribution < 1.29 is 28.3 Å². The number of amides is 4. The number of nitrogens with zero attached hydrogens (tertiary/aromatic N) is 3. The number of likely N-dealkylation sites (tertiary alicyclic amines) is 1. The van der Waals surface area contributed by atoms with Crippen molar-refractivity contribution in [2.75, 3.05) is 41.8 Å². The Morgan fingerprint density at radius 3 is 2.21 bits per heavy atom. The molecule has 1 aromatic rings. The van der Waals surface area contributed by atoms with E-state index in [1.165, 1.54) is 48.4 Å². The lowest BCUT2D eigenvalue weighted by molar-refractivity contribution is -0.121. The van der Waals surface area contributed by atoms with Crippen LogP contribution in [0.1, 0.15) is 58.3 Å². The summed E-state index contributed by atoms with van der Waals surface area (Å²) in [6.45, 7) is 3.72. The van der Waals surface area contributed by atoms with Crippen molar-refractivity contribution in [3.05, 3.63) is 29.1 Å². The van der Waals surface area contributed by atoms with Gasteiger partial charge in [0.05, 0.1) is 17.9 Å². The minimum atomic E-state index is -0.764. The van der Waals surface area contributed by atoms with Gasteiger partial charge in [-0.05, 0) is 50.3 Å². The molecular formula is C28H32FN3O5S. The largest absolute Gasteiger partial charge is 0.481 e. The molecule has 10 heteroatoms. The lowest BCUT2D eigenvalue weighted by atomic mass is 9.93. The van der Waals surface area contributed by atoms with Crippen LogP contribution in [0.4, 0.5) is 20.6 Å². The van der Waals surface area contributed by atoms with Gasteiger partial charge in [-0.3, -0.25) is 24.1 Å². The number of fused-ring (bicyclic) bond motifs is 1. The molecule has 0 radical (unpaired) electrons. The van der Waals surface area contributed by atoms with E-state index in [0.29, 0.717) is 24.0 Å². The summed E-state index contributed by atoms with van der Waals surface area (Å²) in [6.07, 6.45) is 13.0. The highest BCUT2D eigenvalue weighted by Gasteiger charge is 2.41. The predicted octanol–water partition coefficient (Wildman–Crippen LogP) is 4.66. The first-order chi connectivity index (χ1) is 18.4. The van der Waals surface area contributed by atoms with E-state index in [4.69, 9.17) is 11.2 Å². The minimum Gasteiger partial charge on any atom is -0.481 e. The van der Waals surface area contributed by atoms with Gasteiger partial charge in [0.2, 0.25) is 0 Å². The number of ether oxygens (including phenoxy) is 1. The molecule has 1 aromatic carbocycles. The Hall–Kier alpha value is -3.32. The van der Waals surface area contributed by atoms with Crippen molar-refractivity contribution in [2.45, 2.75) is 58.3 Å². The maximum Gasteiger partial charge on any atom is 0.281 e. The molecule has 202 valence electrons. The fourth-order valence-corrected chi connectivity index (χ4v) is 5.69. The van der Waals surface area contributed by atoms with Gasteiger partial charge in [-0.15, -0.1) is 6.42 Å². The fourth-order valence-electron chi connectivity index (χ4n) is 5.07. The Morgan fingerprint density at radius 2 is 1.63 bits per heavy atom. The molecule has 3 aliphatic heterocycles. The summed E-state index contributed by atoms with van der Waals surface area (Å²) in [6, 6.07) is 2.37. The molecule has 8 nitrogen and oxygen atoms in total. The summed E-state index contributed by atoms with van der Waals surface area (Å²) in [7, 11) is 0. The van der Waals surface area contributed by atoms with Gasteiger partial charge in [0, 0.05) is 30.3 Å². The molecule has 0 bridgehead atoms. The van der Waals surface area contributed by atoms with Crippen LogP contribution in [0, 0.1) is 18.2 Å². The molecule has 0 atom stereocenters. The van der Waals surface area contributed by atoms with E-state index in [1.54, 1.807) is 0 Å². The maximum atomic E-state index is 14.7. The normalized spacial score (nSPS) is 19.2. The third-order valence-corrected chi connectivity index (χ3v) is 7.78. The number of hydrogen-bond donors (Lipinski definition) is 0. The van der Waals surface area contributed by atoms with E-state index in [1.807, 2.05) is 11.8 Å². The second-order valence-electron chi connectivity index (χ2n) is 9.45. The average Bonchev–Trinajstić information content (AvgIpc) is 3.08. The van der Waals surface area contributed by atoms with Crippen LogP contribution in [-0.4, -0.2) is 59.9 Å². The van der Waals surface area contributed by atoms with E-state index in [2.05, 4.69) is 5.92 Å². The number of imide groups is 1. The van der Waals surface area contributed by atoms with Gasteiger partial charge in [0.1, 0.15) is 5.75 Å². The molecule has 1 fully saturated rings. The van der Waals surface area contributed by atoms with Gasteiger partial charge in [-0.1, -0.05) is 37.4 Å². The maximum absolute atomic E-state index is 14.7. The number of carbonyl (C=O) groups excluding carboxylic acids is 4. The first-order valence-corrected chi connectivity index (χ1v) is 14.1. The zero-order chi connectivity index (χ0) is 27.2. The molecule has 0 unspecified atom stereocenters. The standard InChI is InChI=1S/C19H15FN2O4.C9H17NOS/c1-2-7-21-15-9-14(13(20)8-16(15)26-10-17(21)23)22-18(24)11-5-3-4-6-12(11)19(22)25;1-2-12-9(11)10-7-5-3-4-6-8-10/h1,8-9H,3-7,10H2;2-8H2,1H3. The van der Waals surface area contributed by atoms with Crippen LogP contribution in [0.15, 0.2) is 23.3 Å². The highest BCUT2D eigenvalue weighted by Crippen LogP contribution is 2.41. The Labute approximate surface area is 226 Å². The highest BCUT2D eigenvalue weighted by atomic mass is 32.2. The van der Waals surface area contributed by atoms with Crippen molar-refractivity contribution in [3.63, 3.8) is 0 Å². The topological polar surface area (TPSA) is 87.2 Å². The third kappa shape index (κ3) is 5.73. The van der Waals surface area contributed by atoms with Crippen LogP contribution in [-0.2, 0) is 14.4 Å². The second-order valence-corrected chi connectivity index (χ2v) is 10.7. The van der Waals surface area contributed by atoms with Gasteiger partial charge in [0.25, 0.3) is 23.0 Å². The third-order valence-electron chi connectivity index (χ3n) is 6.98. The molecule has 0 aromatic heterocycles. The summed E-state index contributed by atoms with van der Waals surface area (Å²) < 4.78 is 19.9. The van der Waals surface area contributed by atoms with Crippen LogP contribution in [0.5, 0.6) is 5.75 Å². The zero-order valence-electron chi connectivity index (χ0n) is 21.6. The van der Waals surface area contributed by atoms with Gasteiger partial charge >= 0.3 is 0 Å². The van der Waals surface area contributed by atoms with Crippen molar-refractivity contribution in [2.24, 2.45) is 0 Å². The van der Waals surface area contributed by atoms with Crippen LogP contribution in [0.25, 0.3) is 0 Å².